The summed E-state index contributed by atoms with van der Waals surface area (Å²) in [6.07, 6.45) is 1.16. The van der Waals surface area contributed by atoms with Gasteiger partial charge in [-0.1, -0.05) is 42.5 Å². The fourth-order valence-electron chi connectivity index (χ4n) is 3.09. The largest absolute Gasteiger partial charge is 0.493 e. The fourth-order valence-corrected chi connectivity index (χ4v) is 3.22. The fraction of sp³-hybridized carbons (Fsp3) is 0.227. The molecule has 146 valence electrons. The summed E-state index contributed by atoms with van der Waals surface area (Å²) >= 11 is 5.91. The Morgan fingerprint density at radius 1 is 1.21 bits per heavy atom. The number of halogens is 1. The van der Waals surface area contributed by atoms with Gasteiger partial charge in [0.05, 0.1) is 26.4 Å². The first-order chi connectivity index (χ1) is 13.6. The van der Waals surface area contributed by atoms with Crippen LogP contribution < -0.4 is 14.8 Å². The lowest BCUT2D eigenvalue weighted by Gasteiger charge is -2.17. The molecule has 3 rings (SSSR count). The molecule has 0 saturated carbocycles. The van der Waals surface area contributed by atoms with Crippen LogP contribution in [0.3, 0.4) is 0 Å². The third-order valence-electron chi connectivity index (χ3n) is 4.58. The Labute approximate surface area is 169 Å². The Kier molecular flexibility index (Phi) is 6.39. The summed E-state index contributed by atoms with van der Waals surface area (Å²) in [5, 5.41) is 3.61. The number of carbonyl (C=O) groups excluding carboxylic acids is 1. The molecule has 1 aliphatic heterocycles. The minimum atomic E-state index is -0.502. The minimum Gasteiger partial charge on any atom is -0.493 e. The molecule has 28 heavy (non-hydrogen) atoms. The van der Waals surface area contributed by atoms with Gasteiger partial charge in [0.1, 0.15) is 6.10 Å². The van der Waals surface area contributed by atoms with Crippen molar-refractivity contribution >= 4 is 17.5 Å². The van der Waals surface area contributed by atoms with Gasteiger partial charge < -0.3 is 19.5 Å². The predicted molar refractivity (Wildman–Crippen MR) is 109 cm³/mol. The molecule has 6 heteroatoms. The quantitative estimate of drug-likeness (QED) is 0.757. The SMILES string of the molecule is C=CC1=C(C(=O)NCc2ccc(Cl)cc2)C(c2ccc(OC)c(OC)c2)OC1. The zero-order valence-electron chi connectivity index (χ0n) is 15.8. The Bertz CT molecular complexity index is 905. The molecular formula is C22H22ClNO4. The third kappa shape index (κ3) is 4.21. The van der Waals surface area contributed by atoms with Crippen molar-refractivity contribution < 1.29 is 19.0 Å². The summed E-state index contributed by atoms with van der Waals surface area (Å²) in [6.45, 7) is 4.53. The number of hydrogen-bond acceptors (Lipinski definition) is 4. The van der Waals surface area contributed by atoms with Crippen LogP contribution in [0.5, 0.6) is 11.5 Å². The van der Waals surface area contributed by atoms with E-state index in [9.17, 15) is 4.79 Å². The molecule has 0 radical (unpaired) electrons. The zero-order chi connectivity index (χ0) is 20.1. The van der Waals surface area contributed by atoms with E-state index in [1.807, 2.05) is 24.3 Å². The Balaban J connectivity index is 1.83. The van der Waals surface area contributed by atoms with Crippen LogP contribution in [0.25, 0.3) is 0 Å². The van der Waals surface area contributed by atoms with E-state index in [4.69, 9.17) is 25.8 Å². The molecule has 2 aromatic carbocycles. The molecule has 2 aromatic rings. The average Bonchev–Trinajstić information content (AvgIpc) is 3.16. The van der Waals surface area contributed by atoms with Crippen LogP contribution in [0.1, 0.15) is 17.2 Å². The highest BCUT2D eigenvalue weighted by Crippen LogP contribution is 2.38. The molecule has 1 atom stereocenters. The number of ether oxygens (including phenoxy) is 3. The van der Waals surface area contributed by atoms with Crippen molar-refractivity contribution in [2.75, 3.05) is 20.8 Å². The molecule has 1 aliphatic rings. The maximum Gasteiger partial charge on any atom is 0.250 e. The van der Waals surface area contributed by atoms with Crippen LogP contribution in [-0.4, -0.2) is 26.7 Å². The van der Waals surface area contributed by atoms with Gasteiger partial charge in [-0.05, 0) is 41.0 Å². The van der Waals surface area contributed by atoms with Crippen molar-refractivity contribution in [2.24, 2.45) is 0 Å². The van der Waals surface area contributed by atoms with Gasteiger partial charge in [0.2, 0.25) is 0 Å². The van der Waals surface area contributed by atoms with Gasteiger partial charge in [-0.25, -0.2) is 0 Å². The molecule has 0 aromatic heterocycles. The second-order valence-electron chi connectivity index (χ2n) is 6.26. The summed E-state index contributed by atoms with van der Waals surface area (Å²) in [4.78, 5) is 12.9. The van der Waals surface area contributed by atoms with Crippen molar-refractivity contribution in [2.45, 2.75) is 12.6 Å². The van der Waals surface area contributed by atoms with E-state index in [-0.39, 0.29) is 5.91 Å². The predicted octanol–water partition coefficient (Wildman–Crippen LogP) is 4.23. The second-order valence-corrected chi connectivity index (χ2v) is 6.69. The van der Waals surface area contributed by atoms with E-state index in [2.05, 4.69) is 11.9 Å². The lowest BCUT2D eigenvalue weighted by atomic mass is 9.98. The van der Waals surface area contributed by atoms with E-state index in [1.165, 1.54) is 0 Å². The first kappa shape index (κ1) is 20.0. The molecule has 0 saturated heterocycles. The van der Waals surface area contributed by atoms with Crippen molar-refractivity contribution in [3.8, 4) is 11.5 Å². The molecule has 1 unspecified atom stereocenters. The van der Waals surface area contributed by atoms with E-state index in [0.717, 1.165) is 16.7 Å². The third-order valence-corrected chi connectivity index (χ3v) is 4.83. The number of nitrogens with one attached hydrogen (secondary N) is 1. The van der Waals surface area contributed by atoms with E-state index >= 15 is 0 Å². The van der Waals surface area contributed by atoms with Gasteiger partial charge >= 0.3 is 0 Å². The van der Waals surface area contributed by atoms with Gasteiger partial charge in [-0.15, -0.1) is 0 Å². The smallest absolute Gasteiger partial charge is 0.250 e. The van der Waals surface area contributed by atoms with Crippen molar-refractivity contribution in [1.82, 2.24) is 5.32 Å². The number of methoxy groups -OCH3 is 2. The average molecular weight is 400 g/mol. The lowest BCUT2D eigenvalue weighted by molar-refractivity contribution is -0.118. The summed E-state index contributed by atoms with van der Waals surface area (Å²) < 4.78 is 16.6. The summed E-state index contributed by atoms with van der Waals surface area (Å²) in [5.41, 5.74) is 3.09. The monoisotopic (exact) mass is 399 g/mol. The Morgan fingerprint density at radius 2 is 1.93 bits per heavy atom. The number of rotatable bonds is 7. The topological polar surface area (TPSA) is 56.8 Å². The molecule has 5 nitrogen and oxygen atoms in total. The first-order valence-corrected chi connectivity index (χ1v) is 9.16. The van der Waals surface area contributed by atoms with Crippen LogP contribution in [0.2, 0.25) is 5.02 Å². The maximum atomic E-state index is 12.9. The standard InChI is InChI=1S/C22H22ClNO4/c1-4-15-13-28-21(16-7-10-18(26-2)19(11-16)27-3)20(15)22(25)24-12-14-5-8-17(23)9-6-14/h4-11,21H,1,12-13H2,2-3H3,(H,24,25). The van der Waals surface area contributed by atoms with Crippen LogP contribution >= 0.6 is 11.6 Å². The Hall–Kier alpha value is -2.76. The van der Waals surface area contributed by atoms with Gasteiger partial charge in [-0.2, -0.15) is 0 Å². The Morgan fingerprint density at radius 3 is 2.57 bits per heavy atom. The molecular weight excluding hydrogens is 378 g/mol. The van der Waals surface area contributed by atoms with Crippen LogP contribution in [0, 0.1) is 0 Å². The second kappa shape index (κ2) is 8.95. The highest BCUT2D eigenvalue weighted by Gasteiger charge is 2.32. The lowest BCUT2D eigenvalue weighted by Crippen LogP contribution is -2.27. The van der Waals surface area contributed by atoms with Crippen LogP contribution in [0.15, 0.2) is 66.3 Å². The number of hydrogen-bond donors (Lipinski definition) is 1. The molecule has 1 N–H and O–H groups in total. The molecule has 1 amide bonds. The zero-order valence-corrected chi connectivity index (χ0v) is 16.6. The molecule has 0 bridgehead atoms. The summed E-state index contributed by atoms with van der Waals surface area (Å²) in [6, 6.07) is 12.8. The number of amides is 1. The van der Waals surface area contributed by atoms with Gasteiger partial charge in [0, 0.05) is 11.6 Å². The molecule has 0 fully saturated rings. The molecule has 1 heterocycles. The normalized spacial score (nSPS) is 16.0. The highest BCUT2D eigenvalue weighted by atomic mass is 35.5. The van der Waals surface area contributed by atoms with Gasteiger partial charge in [-0.3, -0.25) is 4.79 Å². The number of benzene rings is 2. The molecule has 0 spiro atoms. The van der Waals surface area contributed by atoms with Crippen molar-refractivity contribution in [3.63, 3.8) is 0 Å². The van der Waals surface area contributed by atoms with Gasteiger partial charge in [0.25, 0.3) is 5.91 Å². The minimum absolute atomic E-state index is 0.192. The van der Waals surface area contributed by atoms with E-state index in [0.29, 0.717) is 35.2 Å². The van der Waals surface area contributed by atoms with Gasteiger partial charge in [0.15, 0.2) is 11.5 Å². The number of carbonyl (C=O) groups is 1. The first-order valence-electron chi connectivity index (χ1n) is 8.79. The van der Waals surface area contributed by atoms with Crippen molar-refractivity contribution in [1.29, 1.82) is 0 Å². The van der Waals surface area contributed by atoms with Crippen LogP contribution in [-0.2, 0) is 16.1 Å². The highest BCUT2D eigenvalue weighted by molar-refractivity contribution is 6.30. The maximum absolute atomic E-state index is 12.9. The van der Waals surface area contributed by atoms with Crippen molar-refractivity contribution in [3.05, 3.63) is 82.4 Å². The van der Waals surface area contributed by atoms with E-state index in [1.54, 1.807) is 38.5 Å². The summed E-state index contributed by atoms with van der Waals surface area (Å²) in [7, 11) is 3.15. The van der Waals surface area contributed by atoms with E-state index < -0.39 is 6.10 Å². The molecule has 0 aliphatic carbocycles. The summed E-state index contributed by atoms with van der Waals surface area (Å²) in [5.74, 6) is 1.00. The van der Waals surface area contributed by atoms with Crippen LogP contribution in [0.4, 0.5) is 0 Å².